The highest BCUT2D eigenvalue weighted by atomic mass is 32.2. The summed E-state index contributed by atoms with van der Waals surface area (Å²) in [6.07, 6.45) is 3.63. The van der Waals surface area contributed by atoms with Crippen LogP contribution in [-0.2, 0) is 9.59 Å². The number of hydrogen-bond donors (Lipinski definition) is 1. The first-order valence-electron chi connectivity index (χ1n) is 10.3. The molecule has 2 aromatic rings. The molecule has 0 aliphatic carbocycles. The number of carbonyl (C=O) groups excluding carboxylic acids is 1. The lowest BCUT2D eigenvalue weighted by atomic mass is 10.1. The van der Waals surface area contributed by atoms with Gasteiger partial charge in [0, 0.05) is 18.1 Å². The number of thiazole rings is 1. The van der Waals surface area contributed by atoms with Gasteiger partial charge in [0.1, 0.15) is 0 Å². The molecular formula is C22H25N3O5S2. The number of aromatic nitrogens is 1. The van der Waals surface area contributed by atoms with Gasteiger partial charge in [-0.15, -0.1) is 11.3 Å². The van der Waals surface area contributed by atoms with Gasteiger partial charge in [0.25, 0.3) is 5.91 Å². The van der Waals surface area contributed by atoms with E-state index in [2.05, 4.69) is 9.98 Å². The Bertz CT molecular complexity index is 1020. The predicted molar refractivity (Wildman–Crippen MR) is 127 cm³/mol. The molecule has 1 amide bonds. The zero-order valence-corrected chi connectivity index (χ0v) is 19.7. The Morgan fingerprint density at radius 2 is 2.12 bits per heavy atom. The monoisotopic (exact) mass is 475 g/mol. The van der Waals surface area contributed by atoms with Crippen LogP contribution < -0.4 is 9.47 Å². The van der Waals surface area contributed by atoms with E-state index in [1.165, 1.54) is 23.1 Å². The smallest absolute Gasteiger partial charge is 0.344 e. The molecule has 3 rings (SSSR count). The van der Waals surface area contributed by atoms with E-state index in [0.717, 1.165) is 12.0 Å². The van der Waals surface area contributed by atoms with E-state index in [9.17, 15) is 14.7 Å². The van der Waals surface area contributed by atoms with E-state index in [1.54, 1.807) is 42.3 Å². The quantitative estimate of drug-likeness (QED) is 0.493. The van der Waals surface area contributed by atoms with Crippen LogP contribution in [0.3, 0.4) is 0 Å². The van der Waals surface area contributed by atoms with Gasteiger partial charge in [-0.25, -0.2) is 9.78 Å². The summed E-state index contributed by atoms with van der Waals surface area (Å²) in [5, 5.41) is 12.3. The second-order valence-corrected chi connectivity index (χ2v) is 8.65. The third-order valence-electron chi connectivity index (χ3n) is 4.43. The molecule has 1 fully saturated rings. The SMILES string of the molecule is CCCN1C(=O)/C(=C\c2ccc(OC(CC)C(=O)O)c(OCC)c2)S/C1=N/c1nccs1. The van der Waals surface area contributed by atoms with Gasteiger partial charge >= 0.3 is 5.97 Å². The Hall–Kier alpha value is -2.85. The Kier molecular flexibility index (Phi) is 8.29. The molecular weight excluding hydrogens is 450 g/mol. The third-order valence-corrected chi connectivity index (χ3v) is 6.10. The van der Waals surface area contributed by atoms with Crippen LogP contribution in [0.15, 0.2) is 39.7 Å². The van der Waals surface area contributed by atoms with Gasteiger partial charge in [-0.3, -0.25) is 9.69 Å². The number of aliphatic imine (C=N–C) groups is 1. The summed E-state index contributed by atoms with van der Waals surface area (Å²) in [5.74, 6) is -0.356. The van der Waals surface area contributed by atoms with Crippen molar-refractivity contribution in [1.29, 1.82) is 0 Å². The lowest BCUT2D eigenvalue weighted by Gasteiger charge is -2.17. The molecule has 0 spiro atoms. The Labute approximate surface area is 195 Å². The van der Waals surface area contributed by atoms with Gasteiger partial charge < -0.3 is 14.6 Å². The summed E-state index contributed by atoms with van der Waals surface area (Å²) in [7, 11) is 0. The number of carboxylic acids is 1. The fraction of sp³-hybridized carbons (Fsp3) is 0.364. The highest BCUT2D eigenvalue weighted by molar-refractivity contribution is 8.18. The molecule has 1 atom stereocenters. The third kappa shape index (κ3) is 5.68. The van der Waals surface area contributed by atoms with E-state index in [0.29, 0.717) is 46.3 Å². The lowest BCUT2D eigenvalue weighted by Crippen LogP contribution is -2.29. The highest BCUT2D eigenvalue weighted by Crippen LogP contribution is 2.36. The second kappa shape index (κ2) is 11.1. The summed E-state index contributed by atoms with van der Waals surface area (Å²) in [4.78, 5) is 35.2. The van der Waals surface area contributed by atoms with Gasteiger partial charge in [-0.1, -0.05) is 19.9 Å². The molecule has 1 aliphatic rings. The Morgan fingerprint density at radius 3 is 2.75 bits per heavy atom. The topological polar surface area (TPSA) is 101 Å². The molecule has 1 aromatic heterocycles. The van der Waals surface area contributed by atoms with Gasteiger partial charge in [-0.2, -0.15) is 4.99 Å². The number of ether oxygens (including phenoxy) is 2. The molecule has 1 unspecified atom stereocenters. The van der Waals surface area contributed by atoms with E-state index >= 15 is 0 Å². The summed E-state index contributed by atoms with van der Waals surface area (Å²) in [5.41, 5.74) is 0.743. The lowest BCUT2D eigenvalue weighted by molar-refractivity contribution is -0.145. The number of nitrogens with zero attached hydrogens (tertiary/aromatic N) is 3. The number of aliphatic carboxylic acids is 1. The van der Waals surface area contributed by atoms with Crippen LogP contribution in [0.2, 0.25) is 0 Å². The minimum absolute atomic E-state index is 0.109. The van der Waals surface area contributed by atoms with Crippen molar-refractivity contribution in [3.8, 4) is 11.5 Å². The van der Waals surface area contributed by atoms with Crippen molar-refractivity contribution in [2.24, 2.45) is 4.99 Å². The first-order valence-corrected chi connectivity index (χ1v) is 12.0. The molecule has 2 heterocycles. The van der Waals surface area contributed by atoms with Crippen molar-refractivity contribution in [1.82, 2.24) is 9.88 Å². The van der Waals surface area contributed by atoms with Gasteiger partial charge in [0.2, 0.25) is 5.13 Å². The molecule has 32 heavy (non-hydrogen) atoms. The molecule has 1 N–H and O–H groups in total. The summed E-state index contributed by atoms with van der Waals surface area (Å²) in [6, 6.07) is 5.18. The molecule has 1 aliphatic heterocycles. The summed E-state index contributed by atoms with van der Waals surface area (Å²) < 4.78 is 11.3. The first-order chi connectivity index (χ1) is 15.5. The van der Waals surface area contributed by atoms with Crippen molar-refractivity contribution < 1.29 is 24.2 Å². The standard InChI is InChI=1S/C22H25N3O5S2/c1-4-10-25-19(26)18(32-22(25)24-21-23-9-11-31-21)13-14-7-8-16(17(12-14)29-6-3)30-15(5-2)20(27)28/h7-9,11-13,15H,4-6,10H2,1-3H3,(H,27,28)/b18-13+,24-22+. The van der Waals surface area contributed by atoms with Crippen LogP contribution >= 0.6 is 23.1 Å². The molecule has 8 nitrogen and oxygen atoms in total. The van der Waals surface area contributed by atoms with Crippen LogP contribution in [0, 0.1) is 0 Å². The molecule has 0 saturated carbocycles. The van der Waals surface area contributed by atoms with Gasteiger partial charge in [0.15, 0.2) is 22.8 Å². The van der Waals surface area contributed by atoms with Crippen LogP contribution in [0.5, 0.6) is 11.5 Å². The fourth-order valence-electron chi connectivity index (χ4n) is 2.96. The van der Waals surface area contributed by atoms with Crippen molar-refractivity contribution in [2.45, 2.75) is 39.7 Å². The molecule has 0 radical (unpaired) electrons. The van der Waals surface area contributed by atoms with Crippen LogP contribution in [-0.4, -0.2) is 51.3 Å². The van der Waals surface area contributed by atoms with Crippen molar-refractivity contribution >= 4 is 51.4 Å². The fourth-order valence-corrected chi connectivity index (χ4v) is 4.53. The largest absolute Gasteiger partial charge is 0.490 e. The number of carboxylic acid groups (broad SMARTS) is 1. The van der Waals surface area contributed by atoms with E-state index in [-0.39, 0.29) is 5.91 Å². The number of hydrogen-bond acceptors (Lipinski definition) is 8. The summed E-state index contributed by atoms with van der Waals surface area (Å²) in [6.45, 7) is 6.55. The van der Waals surface area contributed by atoms with E-state index in [1.807, 2.05) is 19.2 Å². The number of amidine groups is 1. The molecule has 170 valence electrons. The molecule has 1 aromatic carbocycles. The number of thioether (sulfide) groups is 1. The minimum atomic E-state index is -1.03. The number of benzene rings is 1. The number of amides is 1. The molecule has 10 heteroatoms. The van der Waals surface area contributed by atoms with Crippen molar-refractivity contribution in [3.63, 3.8) is 0 Å². The zero-order valence-electron chi connectivity index (χ0n) is 18.1. The average Bonchev–Trinajstić information content (AvgIpc) is 3.37. The van der Waals surface area contributed by atoms with Crippen LogP contribution in [0.4, 0.5) is 5.13 Å². The second-order valence-electron chi connectivity index (χ2n) is 6.77. The van der Waals surface area contributed by atoms with Gasteiger partial charge in [-0.05, 0) is 55.3 Å². The van der Waals surface area contributed by atoms with Crippen molar-refractivity contribution in [2.75, 3.05) is 13.2 Å². The summed E-state index contributed by atoms with van der Waals surface area (Å²) >= 11 is 2.72. The number of carbonyl (C=O) groups is 2. The maximum Gasteiger partial charge on any atom is 0.344 e. The Balaban J connectivity index is 1.90. The maximum absolute atomic E-state index is 13.0. The normalized spacial score (nSPS) is 17.2. The van der Waals surface area contributed by atoms with Crippen molar-refractivity contribution in [3.05, 3.63) is 40.2 Å². The zero-order chi connectivity index (χ0) is 23.1. The minimum Gasteiger partial charge on any atom is -0.490 e. The highest BCUT2D eigenvalue weighted by Gasteiger charge is 2.33. The van der Waals surface area contributed by atoms with Crippen LogP contribution in [0.1, 0.15) is 39.2 Å². The van der Waals surface area contributed by atoms with E-state index in [4.69, 9.17) is 9.47 Å². The number of rotatable bonds is 10. The molecule has 1 saturated heterocycles. The van der Waals surface area contributed by atoms with E-state index < -0.39 is 12.1 Å². The maximum atomic E-state index is 13.0. The molecule has 0 bridgehead atoms. The predicted octanol–water partition coefficient (Wildman–Crippen LogP) is 4.80. The first kappa shape index (κ1) is 23.8. The van der Waals surface area contributed by atoms with Gasteiger partial charge in [0.05, 0.1) is 11.5 Å². The average molecular weight is 476 g/mol. The Morgan fingerprint density at radius 1 is 1.31 bits per heavy atom. The van der Waals surface area contributed by atoms with Crippen LogP contribution in [0.25, 0.3) is 6.08 Å².